The zero-order chi connectivity index (χ0) is 17.2. The van der Waals surface area contributed by atoms with E-state index in [2.05, 4.69) is 20.9 Å². The smallest absolute Gasteiger partial charge is 0.234 e. The van der Waals surface area contributed by atoms with Crippen LogP contribution >= 0.6 is 0 Å². The maximum atomic E-state index is 11.6. The molecular formula is C18H25N5O2. The van der Waals surface area contributed by atoms with Crippen molar-refractivity contribution in [2.24, 2.45) is 0 Å². The van der Waals surface area contributed by atoms with E-state index in [1.54, 1.807) is 0 Å². The molecule has 7 nitrogen and oxygen atoms in total. The van der Waals surface area contributed by atoms with Gasteiger partial charge in [-0.2, -0.15) is 5.26 Å². The van der Waals surface area contributed by atoms with Crippen LogP contribution in [0.1, 0.15) is 49.6 Å². The van der Waals surface area contributed by atoms with Gasteiger partial charge in [-0.1, -0.05) is 0 Å². The molecule has 3 fully saturated rings. The van der Waals surface area contributed by atoms with E-state index in [4.69, 9.17) is 4.42 Å². The van der Waals surface area contributed by atoms with Crippen LogP contribution in [0.3, 0.4) is 0 Å². The fourth-order valence-electron chi connectivity index (χ4n) is 3.72. The first-order chi connectivity index (χ1) is 12.2. The van der Waals surface area contributed by atoms with E-state index in [0.717, 1.165) is 83.8 Å². The second kappa shape index (κ2) is 7.04. The normalized spacial score (nSPS) is 21.8. The maximum absolute atomic E-state index is 11.6. The van der Waals surface area contributed by atoms with E-state index >= 15 is 0 Å². The monoisotopic (exact) mass is 343 g/mol. The van der Waals surface area contributed by atoms with E-state index in [9.17, 15) is 10.1 Å². The number of hydrogen-bond acceptors (Lipinski definition) is 6. The third-order valence-corrected chi connectivity index (χ3v) is 5.39. The molecule has 3 heterocycles. The van der Waals surface area contributed by atoms with Crippen molar-refractivity contribution in [1.82, 2.24) is 14.8 Å². The summed E-state index contributed by atoms with van der Waals surface area (Å²) in [4.78, 5) is 22.6. The first kappa shape index (κ1) is 16.4. The van der Waals surface area contributed by atoms with Crippen LogP contribution in [0, 0.1) is 11.3 Å². The minimum absolute atomic E-state index is 0.311. The Morgan fingerprint density at radius 2 is 1.96 bits per heavy atom. The standard InChI is InChI=1S/C18H25N5O2/c19-13-15-18(25-17(20-15)14-4-5-14)23-11-9-21(10-12-23)6-2-8-22-7-1-3-16(22)24/h14H,1-12H2. The average molecular weight is 343 g/mol. The van der Waals surface area contributed by atoms with Gasteiger partial charge in [-0.3, -0.25) is 9.69 Å². The Balaban J connectivity index is 1.25. The van der Waals surface area contributed by atoms with E-state index in [0.29, 0.717) is 23.4 Å². The molecule has 0 radical (unpaired) electrons. The Kier molecular flexibility index (Phi) is 4.62. The molecule has 2 saturated heterocycles. The highest BCUT2D eigenvalue weighted by molar-refractivity contribution is 5.77. The molecule has 0 atom stereocenters. The summed E-state index contributed by atoms with van der Waals surface area (Å²) >= 11 is 0. The van der Waals surface area contributed by atoms with Gasteiger partial charge in [-0.15, -0.1) is 0 Å². The summed E-state index contributed by atoms with van der Waals surface area (Å²) in [5.41, 5.74) is 0.433. The number of hydrogen-bond donors (Lipinski definition) is 0. The number of oxazole rings is 1. The number of amides is 1. The zero-order valence-corrected chi connectivity index (χ0v) is 14.6. The van der Waals surface area contributed by atoms with Gasteiger partial charge in [0.1, 0.15) is 6.07 Å². The molecule has 1 amide bonds. The molecule has 4 rings (SSSR count). The fraction of sp³-hybridized carbons (Fsp3) is 0.722. The topological polar surface area (TPSA) is 76.6 Å². The van der Waals surface area contributed by atoms with Gasteiger partial charge in [0.2, 0.25) is 23.4 Å². The first-order valence-corrected chi connectivity index (χ1v) is 9.40. The van der Waals surface area contributed by atoms with Crippen molar-refractivity contribution in [2.45, 2.75) is 38.0 Å². The number of anilines is 1. The molecule has 1 aromatic heterocycles. The quantitative estimate of drug-likeness (QED) is 0.780. The number of rotatable bonds is 6. The van der Waals surface area contributed by atoms with Crippen LogP contribution in [-0.2, 0) is 4.79 Å². The highest BCUT2D eigenvalue weighted by Crippen LogP contribution is 2.41. The predicted molar refractivity (Wildman–Crippen MR) is 92.3 cm³/mol. The molecule has 0 spiro atoms. The number of carbonyl (C=O) groups is 1. The lowest BCUT2D eigenvalue weighted by atomic mass is 10.2. The van der Waals surface area contributed by atoms with Crippen LogP contribution < -0.4 is 4.90 Å². The second-order valence-electron chi connectivity index (χ2n) is 7.26. The molecule has 0 bridgehead atoms. The lowest BCUT2D eigenvalue weighted by Gasteiger charge is -2.34. The Morgan fingerprint density at radius 3 is 2.60 bits per heavy atom. The highest BCUT2D eigenvalue weighted by Gasteiger charge is 2.32. The number of likely N-dealkylation sites (tertiary alicyclic amines) is 1. The van der Waals surface area contributed by atoms with Crippen molar-refractivity contribution >= 4 is 11.8 Å². The molecule has 134 valence electrons. The van der Waals surface area contributed by atoms with Gasteiger partial charge in [0.05, 0.1) is 0 Å². The van der Waals surface area contributed by atoms with Gasteiger partial charge in [-0.25, -0.2) is 4.98 Å². The molecule has 0 aromatic carbocycles. The van der Waals surface area contributed by atoms with Gasteiger partial charge in [0.25, 0.3) is 0 Å². The van der Waals surface area contributed by atoms with E-state index < -0.39 is 0 Å². The molecule has 1 saturated carbocycles. The van der Waals surface area contributed by atoms with Crippen molar-refractivity contribution < 1.29 is 9.21 Å². The lowest BCUT2D eigenvalue weighted by molar-refractivity contribution is -0.127. The van der Waals surface area contributed by atoms with Gasteiger partial charge >= 0.3 is 0 Å². The van der Waals surface area contributed by atoms with E-state index in [1.807, 2.05) is 4.90 Å². The molecule has 25 heavy (non-hydrogen) atoms. The number of nitriles is 1. The summed E-state index contributed by atoms with van der Waals surface area (Å²) in [6.45, 7) is 6.46. The minimum atomic E-state index is 0.311. The summed E-state index contributed by atoms with van der Waals surface area (Å²) in [6, 6.07) is 2.18. The minimum Gasteiger partial charge on any atom is -0.423 e. The molecular weight excluding hydrogens is 318 g/mol. The Morgan fingerprint density at radius 1 is 1.16 bits per heavy atom. The summed E-state index contributed by atoms with van der Waals surface area (Å²) < 4.78 is 5.89. The number of aromatic nitrogens is 1. The molecule has 1 aromatic rings. The number of carbonyl (C=O) groups excluding carboxylic acids is 1. The summed E-state index contributed by atoms with van der Waals surface area (Å²) in [5, 5.41) is 9.32. The predicted octanol–water partition coefficient (Wildman–Crippen LogP) is 1.56. The van der Waals surface area contributed by atoms with Crippen LogP contribution in [0.25, 0.3) is 0 Å². The molecule has 0 N–H and O–H groups in total. The van der Waals surface area contributed by atoms with E-state index in [-0.39, 0.29) is 0 Å². The lowest BCUT2D eigenvalue weighted by Crippen LogP contribution is -2.47. The van der Waals surface area contributed by atoms with Crippen molar-refractivity contribution in [3.8, 4) is 6.07 Å². The summed E-state index contributed by atoms with van der Waals surface area (Å²) in [5.74, 6) is 2.14. The van der Waals surface area contributed by atoms with Crippen LogP contribution in [0.15, 0.2) is 4.42 Å². The van der Waals surface area contributed by atoms with E-state index in [1.165, 1.54) is 0 Å². The molecule has 1 aliphatic carbocycles. The molecule has 7 heteroatoms. The van der Waals surface area contributed by atoms with Gasteiger partial charge in [0.15, 0.2) is 0 Å². The van der Waals surface area contributed by atoms with Crippen molar-refractivity contribution in [3.63, 3.8) is 0 Å². The average Bonchev–Trinajstić information content (AvgIpc) is 3.27. The number of piperazine rings is 1. The van der Waals surface area contributed by atoms with Crippen LogP contribution in [0.5, 0.6) is 0 Å². The number of nitrogens with zero attached hydrogens (tertiary/aromatic N) is 5. The van der Waals surface area contributed by atoms with Crippen LogP contribution in [0.2, 0.25) is 0 Å². The Bertz CT molecular complexity index is 667. The third kappa shape index (κ3) is 3.64. The summed E-state index contributed by atoms with van der Waals surface area (Å²) in [6.07, 6.45) is 5.01. The largest absolute Gasteiger partial charge is 0.423 e. The second-order valence-corrected chi connectivity index (χ2v) is 7.26. The molecule has 3 aliphatic rings. The SMILES string of the molecule is N#Cc1nc(C2CC2)oc1N1CCN(CCCN2CCCC2=O)CC1. The Hall–Kier alpha value is -2.07. The first-order valence-electron chi connectivity index (χ1n) is 9.40. The van der Waals surface area contributed by atoms with Crippen molar-refractivity contribution in [1.29, 1.82) is 5.26 Å². The summed E-state index contributed by atoms with van der Waals surface area (Å²) in [7, 11) is 0. The van der Waals surface area contributed by atoms with Gasteiger partial charge in [-0.05, 0) is 32.2 Å². The fourth-order valence-corrected chi connectivity index (χ4v) is 3.72. The van der Waals surface area contributed by atoms with Gasteiger partial charge in [0, 0.05) is 51.6 Å². The van der Waals surface area contributed by atoms with Crippen LogP contribution in [-0.4, -0.2) is 66.5 Å². The molecule has 0 unspecified atom stereocenters. The highest BCUT2D eigenvalue weighted by atomic mass is 16.4. The van der Waals surface area contributed by atoms with Crippen LogP contribution in [0.4, 0.5) is 5.88 Å². The zero-order valence-electron chi connectivity index (χ0n) is 14.6. The van der Waals surface area contributed by atoms with Gasteiger partial charge < -0.3 is 14.2 Å². The third-order valence-electron chi connectivity index (χ3n) is 5.39. The maximum Gasteiger partial charge on any atom is 0.234 e. The van der Waals surface area contributed by atoms with Crippen molar-refractivity contribution in [2.75, 3.05) is 50.7 Å². The van der Waals surface area contributed by atoms with Crippen molar-refractivity contribution in [3.05, 3.63) is 11.6 Å². The Labute approximate surface area is 148 Å². The molecule has 2 aliphatic heterocycles.